The SMILES string of the molecule is O=C(Nc1ccc2ncccc2c1)c1n[nH]cc1C[AsH]c1ccccc1Cc1ccccc1O. The van der Waals surface area contributed by atoms with E-state index in [1.54, 1.807) is 12.3 Å². The Morgan fingerprint density at radius 3 is 2.65 bits per heavy atom. The van der Waals surface area contributed by atoms with E-state index in [1.807, 2.05) is 66.9 Å². The number of hydrogen-bond donors (Lipinski definition) is 3. The van der Waals surface area contributed by atoms with Gasteiger partial charge in [0.05, 0.1) is 0 Å². The molecule has 1 atom stereocenters. The number of anilines is 1. The molecule has 2 aromatic heterocycles. The predicted octanol–water partition coefficient (Wildman–Crippen LogP) is 3.77. The number of pyridine rings is 1. The van der Waals surface area contributed by atoms with Crippen LogP contribution in [0.25, 0.3) is 10.9 Å². The van der Waals surface area contributed by atoms with Crippen molar-refractivity contribution in [1.82, 2.24) is 15.2 Å². The van der Waals surface area contributed by atoms with Crippen LogP contribution in [0.3, 0.4) is 0 Å². The first-order valence-corrected chi connectivity index (χ1v) is 13.5. The Labute approximate surface area is 203 Å². The van der Waals surface area contributed by atoms with Crippen molar-refractivity contribution in [3.05, 3.63) is 114 Å². The molecule has 5 aromatic rings. The molecule has 3 N–H and O–H groups in total. The van der Waals surface area contributed by atoms with Gasteiger partial charge in [-0.2, -0.15) is 0 Å². The van der Waals surface area contributed by atoms with E-state index < -0.39 is 15.8 Å². The number of nitrogens with one attached hydrogen (secondary N) is 2. The molecular weight excluding hydrogens is 487 g/mol. The van der Waals surface area contributed by atoms with E-state index in [9.17, 15) is 9.90 Å². The summed E-state index contributed by atoms with van der Waals surface area (Å²) in [5.41, 5.74) is 5.06. The number of rotatable bonds is 7. The number of carbonyl (C=O) groups is 1. The third-order valence-electron chi connectivity index (χ3n) is 5.65. The molecule has 3 aromatic carbocycles. The van der Waals surface area contributed by atoms with Crippen molar-refractivity contribution in [2.45, 2.75) is 11.6 Å². The van der Waals surface area contributed by atoms with Crippen molar-refractivity contribution < 1.29 is 9.90 Å². The van der Waals surface area contributed by atoms with Crippen LogP contribution in [0.4, 0.5) is 5.69 Å². The molecule has 1 amide bonds. The number of phenols is 1. The number of aromatic amines is 1. The van der Waals surface area contributed by atoms with Crippen LogP contribution in [0.15, 0.2) is 91.3 Å². The Morgan fingerprint density at radius 1 is 0.941 bits per heavy atom. The van der Waals surface area contributed by atoms with Crippen LogP contribution in [0.1, 0.15) is 27.2 Å². The summed E-state index contributed by atoms with van der Waals surface area (Å²) < 4.78 is 1.31. The fourth-order valence-corrected chi connectivity index (χ4v) is 6.54. The summed E-state index contributed by atoms with van der Waals surface area (Å²) in [6, 6.07) is 25.3. The first-order chi connectivity index (χ1) is 16.7. The number of fused-ring (bicyclic) bond motifs is 1. The first-order valence-electron chi connectivity index (χ1n) is 10.9. The molecule has 0 radical (unpaired) electrons. The van der Waals surface area contributed by atoms with Gasteiger partial charge in [0.2, 0.25) is 0 Å². The molecule has 0 aliphatic rings. The zero-order chi connectivity index (χ0) is 23.3. The van der Waals surface area contributed by atoms with Crippen molar-refractivity contribution >= 4 is 42.6 Å². The Hall–Kier alpha value is -3.89. The fraction of sp³-hybridized carbons (Fsp3) is 0.0741. The number of hydrogen-bond acceptors (Lipinski definition) is 4. The van der Waals surface area contributed by atoms with Gasteiger partial charge in [-0.05, 0) is 0 Å². The number of benzene rings is 3. The number of aromatic nitrogens is 3. The van der Waals surface area contributed by atoms with E-state index in [1.165, 1.54) is 9.91 Å². The molecule has 168 valence electrons. The number of carbonyl (C=O) groups excluding carboxylic acids is 1. The van der Waals surface area contributed by atoms with Crippen LogP contribution >= 0.6 is 0 Å². The molecule has 0 saturated heterocycles. The molecule has 2 heterocycles. The molecule has 0 spiro atoms. The van der Waals surface area contributed by atoms with Crippen LogP contribution in [0, 0.1) is 0 Å². The van der Waals surface area contributed by atoms with Gasteiger partial charge in [-0.15, -0.1) is 0 Å². The Balaban J connectivity index is 1.30. The molecule has 0 saturated carbocycles. The van der Waals surface area contributed by atoms with E-state index in [2.05, 4.69) is 32.6 Å². The van der Waals surface area contributed by atoms with E-state index in [4.69, 9.17) is 0 Å². The minimum absolute atomic E-state index is 0.228. The normalized spacial score (nSPS) is 11.3. The summed E-state index contributed by atoms with van der Waals surface area (Å²) in [7, 11) is 0. The van der Waals surface area contributed by atoms with E-state index in [0.29, 0.717) is 23.6 Å². The number of nitrogens with zero attached hydrogens (tertiary/aromatic N) is 2. The van der Waals surface area contributed by atoms with Gasteiger partial charge in [-0.3, -0.25) is 0 Å². The summed E-state index contributed by atoms with van der Waals surface area (Å²) >= 11 is -0.572. The van der Waals surface area contributed by atoms with Gasteiger partial charge in [-0.1, -0.05) is 0 Å². The van der Waals surface area contributed by atoms with Crippen LogP contribution in [-0.4, -0.2) is 41.9 Å². The predicted molar refractivity (Wildman–Crippen MR) is 136 cm³/mol. The fourth-order valence-electron chi connectivity index (χ4n) is 3.89. The van der Waals surface area contributed by atoms with E-state index in [0.717, 1.165) is 27.2 Å². The third-order valence-corrected chi connectivity index (χ3v) is 8.65. The molecule has 0 aliphatic heterocycles. The molecule has 5 rings (SSSR count). The molecule has 34 heavy (non-hydrogen) atoms. The van der Waals surface area contributed by atoms with Crippen molar-refractivity contribution in [2.24, 2.45) is 0 Å². The number of amides is 1. The van der Waals surface area contributed by atoms with Gasteiger partial charge in [-0.25, -0.2) is 0 Å². The van der Waals surface area contributed by atoms with Gasteiger partial charge < -0.3 is 0 Å². The molecule has 7 heteroatoms. The molecule has 0 fully saturated rings. The number of para-hydroxylation sites is 1. The van der Waals surface area contributed by atoms with Gasteiger partial charge in [0, 0.05) is 0 Å². The minimum atomic E-state index is -0.572. The van der Waals surface area contributed by atoms with Crippen molar-refractivity contribution in [1.29, 1.82) is 0 Å². The Kier molecular flexibility index (Phi) is 6.41. The standard InChI is InChI=1S/C27H23AsN4O2/c33-25-10-4-2-7-20(25)14-18-6-1-3-9-23(18)28-16-21-17-30-32-26(21)27(34)31-22-11-12-24-19(15-22)8-5-13-29-24/h1-13,15,17,28,33H,14,16H2,(H,30,32)(H,31,34). The van der Waals surface area contributed by atoms with E-state index >= 15 is 0 Å². The second-order valence-corrected chi connectivity index (χ2v) is 10.6. The summed E-state index contributed by atoms with van der Waals surface area (Å²) in [5.74, 6) is 0.0872. The summed E-state index contributed by atoms with van der Waals surface area (Å²) in [5, 5.41) is 22.0. The topological polar surface area (TPSA) is 90.9 Å². The molecule has 1 unspecified atom stereocenters. The van der Waals surface area contributed by atoms with Gasteiger partial charge in [0.25, 0.3) is 0 Å². The average molecular weight is 510 g/mol. The quantitative estimate of drug-likeness (QED) is 0.291. The van der Waals surface area contributed by atoms with Gasteiger partial charge in [0.1, 0.15) is 0 Å². The van der Waals surface area contributed by atoms with Crippen LogP contribution in [0.5, 0.6) is 5.75 Å². The summed E-state index contributed by atoms with van der Waals surface area (Å²) in [6.07, 6.45) is 4.25. The molecular formula is C27H23AsN4O2. The second-order valence-electron chi connectivity index (χ2n) is 7.94. The Morgan fingerprint density at radius 2 is 1.76 bits per heavy atom. The summed E-state index contributed by atoms with van der Waals surface area (Å²) in [4.78, 5) is 17.3. The van der Waals surface area contributed by atoms with Gasteiger partial charge >= 0.3 is 204 Å². The van der Waals surface area contributed by atoms with Crippen LogP contribution < -0.4 is 9.67 Å². The first kappa shape index (κ1) is 21.9. The van der Waals surface area contributed by atoms with E-state index in [-0.39, 0.29) is 5.91 Å². The maximum absolute atomic E-state index is 13.0. The Bertz CT molecular complexity index is 1460. The number of aromatic hydroxyl groups is 1. The van der Waals surface area contributed by atoms with Crippen LogP contribution in [-0.2, 0) is 11.6 Å². The van der Waals surface area contributed by atoms with Gasteiger partial charge in [0.15, 0.2) is 0 Å². The molecule has 6 nitrogen and oxygen atoms in total. The second kappa shape index (κ2) is 9.94. The number of phenolic OH excluding ortho intramolecular Hbond substituents is 1. The molecule has 0 bridgehead atoms. The van der Waals surface area contributed by atoms with Crippen molar-refractivity contribution in [3.63, 3.8) is 0 Å². The average Bonchev–Trinajstić information content (AvgIpc) is 3.34. The zero-order valence-electron chi connectivity index (χ0n) is 18.3. The maximum atomic E-state index is 13.0. The zero-order valence-corrected chi connectivity index (χ0v) is 20.4. The monoisotopic (exact) mass is 510 g/mol. The molecule has 0 aliphatic carbocycles. The van der Waals surface area contributed by atoms with Crippen LogP contribution in [0.2, 0.25) is 0 Å². The third kappa shape index (κ3) is 4.87. The van der Waals surface area contributed by atoms with Crippen molar-refractivity contribution in [3.8, 4) is 5.75 Å². The summed E-state index contributed by atoms with van der Waals surface area (Å²) in [6.45, 7) is 0. The number of H-pyrrole nitrogens is 1. The van der Waals surface area contributed by atoms with Crippen molar-refractivity contribution in [2.75, 3.05) is 5.32 Å².